The molecule has 2 bridgehead atoms. The number of anilines is 1. The summed E-state index contributed by atoms with van der Waals surface area (Å²) in [6.45, 7) is 3.94. The molecule has 2 aliphatic heterocycles. The summed E-state index contributed by atoms with van der Waals surface area (Å²) >= 11 is 0. The van der Waals surface area contributed by atoms with Gasteiger partial charge in [-0.3, -0.25) is 4.90 Å². The van der Waals surface area contributed by atoms with Gasteiger partial charge in [-0.15, -0.1) is 10.2 Å². The van der Waals surface area contributed by atoms with Gasteiger partial charge in [0.05, 0.1) is 12.3 Å². The number of aliphatic carboxylic acids is 2. The molecule has 0 aliphatic carbocycles. The number of carboxylic acids is 2. The van der Waals surface area contributed by atoms with Crippen LogP contribution < -0.4 is 4.90 Å². The Balaban J connectivity index is 0.000000331. The summed E-state index contributed by atoms with van der Waals surface area (Å²) in [5, 5.41) is 24.6. The number of nitrogens with zero attached hydrogens (tertiary/aromatic N) is 4. The van der Waals surface area contributed by atoms with E-state index in [-0.39, 0.29) is 0 Å². The molecule has 2 fully saturated rings. The Morgan fingerprint density at radius 3 is 2.15 bits per heavy atom. The lowest BCUT2D eigenvalue weighted by atomic mass is 9.91. The molecule has 3 heterocycles. The predicted molar refractivity (Wildman–Crippen MR) is 124 cm³/mol. The van der Waals surface area contributed by atoms with Crippen molar-refractivity contribution in [1.29, 1.82) is 0 Å². The Kier molecular flexibility index (Phi) is 8.91. The van der Waals surface area contributed by atoms with Gasteiger partial charge in [-0.2, -0.15) is 0 Å². The van der Waals surface area contributed by atoms with Gasteiger partial charge in [0.25, 0.3) is 0 Å². The monoisotopic (exact) mass is 454 g/mol. The number of ether oxygens (including phenoxy) is 1. The molecular formula is C24H30N4O5. The number of methoxy groups -OCH3 is 1. The van der Waals surface area contributed by atoms with Gasteiger partial charge in [0.15, 0.2) is 5.82 Å². The molecule has 1 aromatic heterocycles. The van der Waals surface area contributed by atoms with Crippen molar-refractivity contribution in [3.8, 4) is 11.3 Å². The Morgan fingerprint density at radius 2 is 1.64 bits per heavy atom. The van der Waals surface area contributed by atoms with E-state index in [1.165, 1.54) is 19.3 Å². The first kappa shape index (κ1) is 24.3. The Labute approximate surface area is 193 Å². The quantitative estimate of drug-likeness (QED) is 0.609. The van der Waals surface area contributed by atoms with E-state index in [9.17, 15) is 9.59 Å². The van der Waals surface area contributed by atoms with Crippen molar-refractivity contribution < 1.29 is 24.5 Å². The average molecular weight is 455 g/mol. The van der Waals surface area contributed by atoms with Crippen LogP contribution in [0.4, 0.5) is 5.82 Å². The van der Waals surface area contributed by atoms with Gasteiger partial charge >= 0.3 is 11.9 Å². The van der Waals surface area contributed by atoms with Crippen LogP contribution >= 0.6 is 0 Å². The van der Waals surface area contributed by atoms with Crippen molar-refractivity contribution in [2.24, 2.45) is 0 Å². The van der Waals surface area contributed by atoms with Gasteiger partial charge in [0, 0.05) is 56.5 Å². The van der Waals surface area contributed by atoms with Gasteiger partial charge in [0.2, 0.25) is 0 Å². The van der Waals surface area contributed by atoms with Crippen molar-refractivity contribution >= 4 is 17.8 Å². The highest BCUT2D eigenvalue weighted by molar-refractivity contribution is 5.89. The second-order valence-electron chi connectivity index (χ2n) is 8.03. The van der Waals surface area contributed by atoms with Gasteiger partial charge in [0.1, 0.15) is 0 Å². The number of hydrogen-bond acceptors (Lipinski definition) is 7. The van der Waals surface area contributed by atoms with Crippen LogP contribution in [0.2, 0.25) is 0 Å². The Hall–Kier alpha value is -3.30. The lowest BCUT2D eigenvalue weighted by Crippen LogP contribution is -2.61. The number of fused-ring (bicyclic) bond motifs is 2. The number of piperazine rings is 1. The van der Waals surface area contributed by atoms with Crippen LogP contribution in [0.15, 0.2) is 54.6 Å². The van der Waals surface area contributed by atoms with Crippen molar-refractivity contribution in [2.45, 2.75) is 31.3 Å². The average Bonchev–Trinajstić information content (AvgIpc) is 2.82. The van der Waals surface area contributed by atoms with Crippen LogP contribution in [0.5, 0.6) is 0 Å². The van der Waals surface area contributed by atoms with Crippen molar-refractivity contribution in [3.63, 3.8) is 0 Å². The van der Waals surface area contributed by atoms with Crippen molar-refractivity contribution in [3.05, 3.63) is 54.6 Å². The lowest BCUT2D eigenvalue weighted by molar-refractivity contribution is -0.134. The summed E-state index contributed by atoms with van der Waals surface area (Å²) in [6, 6.07) is 15.7. The fourth-order valence-electron chi connectivity index (χ4n) is 4.34. The number of benzene rings is 1. The summed E-state index contributed by atoms with van der Waals surface area (Å²) in [4.78, 5) is 24.2. The molecule has 0 saturated carbocycles. The summed E-state index contributed by atoms with van der Waals surface area (Å²) in [6.07, 6.45) is 4.99. The molecule has 0 amide bonds. The van der Waals surface area contributed by atoms with Gasteiger partial charge < -0.3 is 19.8 Å². The van der Waals surface area contributed by atoms with Crippen LogP contribution in [0.1, 0.15) is 19.3 Å². The van der Waals surface area contributed by atoms with E-state index in [0.29, 0.717) is 24.2 Å². The minimum absolute atomic E-state index is 0.558. The standard InChI is InChI=1S/C20H26N4O.C4H4O4/c1-25-13-12-24-17-8-5-9-18(24)15-23(14-17)20-11-10-19(21-22-20)16-6-3-2-4-7-16;5-3(6)1-2-4(7)8/h2-4,6-7,10-11,17-18H,5,8-9,12-15H2,1H3;1-2H,(H,5,6)(H,7,8)/b;2-1+. The molecule has 0 radical (unpaired) electrons. The lowest BCUT2D eigenvalue weighted by Gasteiger charge is -2.50. The summed E-state index contributed by atoms with van der Waals surface area (Å²) in [5.41, 5.74) is 2.05. The second-order valence-corrected chi connectivity index (χ2v) is 8.03. The minimum Gasteiger partial charge on any atom is -0.478 e. The molecule has 33 heavy (non-hydrogen) atoms. The number of rotatable bonds is 7. The largest absolute Gasteiger partial charge is 0.478 e. The third-order valence-corrected chi connectivity index (χ3v) is 5.84. The SMILES string of the molecule is COCCN1C2CCCC1CN(c1ccc(-c3ccccc3)nn1)C2.O=C(O)/C=C/C(=O)O. The van der Waals surface area contributed by atoms with Gasteiger partial charge in [-0.25, -0.2) is 9.59 Å². The number of hydrogen-bond donors (Lipinski definition) is 2. The number of piperidine rings is 1. The number of carboxylic acid groups (broad SMARTS) is 2. The van der Waals surface area contributed by atoms with Crippen molar-refractivity contribution in [2.75, 3.05) is 38.3 Å². The molecule has 2 aromatic rings. The summed E-state index contributed by atoms with van der Waals surface area (Å²) in [5.74, 6) is -1.51. The molecule has 2 aliphatic rings. The molecule has 176 valence electrons. The van der Waals surface area contributed by atoms with Crippen LogP contribution in [0.3, 0.4) is 0 Å². The molecule has 9 nitrogen and oxygen atoms in total. The predicted octanol–water partition coefficient (Wildman–Crippen LogP) is 2.54. The number of aromatic nitrogens is 2. The zero-order valence-electron chi connectivity index (χ0n) is 18.7. The normalized spacial score (nSPS) is 20.2. The zero-order chi connectivity index (χ0) is 23.6. The van der Waals surface area contributed by atoms with E-state index in [4.69, 9.17) is 14.9 Å². The molecule has 2 atom stereocenters. The first-order valence-electron chi connectivity index (χ1n) is 11.0. The Bertz CT molecular complexity index is 906. The van der Waals surface area contributed by atoms with E-state index in [2.05, 4.69) is 44.3 Å². The molecule has 0 spiro atoms. The highest BCUT2D eigenvalue weighted by atomic mass is 16.5. The van der Waals surface area contributed by atoms with Crippen LogP contribution in [-0.2, 0) is 14.3 Å². The number of carbonyl (C=O) groups is 2. The first-order valence-corrected chi connectivity index (χ1v) is 11.0. The maximum atomic E-state index is 9.55. The van der Waals surface area contributed by atoms with E-state index in [1.807, 2.05) is 18.2 Å². The Morgan fingerprint density at radius 1 is 1.00 bits per heavy atom. The van der Waals surface area contributed by atoms with E-state index >= 15 is 0 Å². The topological polar surface area (TPSA) is 116 Å². The van der Waals surface area contributed by atoms with Gasteiger partial charge in [-0.1, -0.05) is 36.8 Å². The summed E-state index contributed by atoms with van der Waals surface area (Å²) in [7, 11) is 1.79. The first-order chi connectivity index (χ1) is 16.0. The fourth-order valence-corrected chi connectivity index (χ4v) is 4.34. The molecule has 9 heteroatoms. The molecule has 2 N–H and O–H groups in total. The van der Waals surface area contributed by atoms with Crippen molar-refractivity contribution in [1.82, 2.24) is 15.1 Å². The van der Waals surface area contributed by atoms with Crippen LogP contribution in [0, 0.1) is 0 Å². The highest BCUT2D eigenvalue weighted by Gasteiger charge is 2.37. The minimum atomic E-state index is -1.26. The highest BCUT2D eigenvalue weighted by Crippen LogP contribution is 2.30. The molecule has 4 rings (SSSR count). The van der Waals surface area contributed by atoms with Crippen LogP contribution in [-0.4, -0.2) is 82.7 Å². The maximum absolute atomic E-state index is 9.55. The zero-order valence-corrected chi connectivity index (χ0v) is 18.7. The van der Waals surface area contributed by atoms with Gasteiger partial charge in [-0.05, 0) is 25.0 Å². The smallest absolute Gasteiger partial charge is 0.328 e. The summed E-state index contributed by atoms with van der Waals surface area (Å²) < 4.78 is 5.30. The third-order valence-electron chi connectivity index (χ3n) is 5.84. The van der Waals surface area contributed by atoms with E-state index in [0.717, 1.165) is 43.3 Å². The van der Waals surface area contributed by atoms with E-state index < -0.39 is 11.9 Å². The van der Waals surface area contributed by atoms with Crippen LogP contribution in [0.25, 0.3) is 11.3 Å². The van der Waals surface area contributed by atoms with E-state index in [1.54, 1.807) is 7.11 Å². The molecular weight excluding hydrogens is 424 g/mol. The second kappa shape index (κ2) is 12.1. The maximum Gasteiger partial charge on any atom is 0.328 e. The molecule has 2 saturated heterocycles. The third kappa shape index (κ3) is 7.10. The molecule has 1 aromatic carbocycles. The molecule has 2 unspecified atom stereocenters. The fraction of sp³-hybridized carbons (Fsp3) is 0.417.